The van der Waals surface area contributed by atoms with Gasteiger partial charge >= 0.3 is 0 Å². The summed E-state index contributed by atoms with van der Waals surface area (Å²) < 4.78 is 5.42. The first-order chi connectivity index (χ1) is 10.6. The average Bonchev–Trinajstić information content (AvgIpc) is 3.35. The lowest BCUT2D eigenvalue weighted by Gasteiger charge is -2.39. The molecular weight excluding hydrogens is 280 g/mol. The van der Waals surface area contributed by atoms with Crippen molar-refractivity contribution in [1.29, 1.82) is 0 Å². The van der Waals surface area contributed by atoms with Crippen LogP contribution in [0.5, 0.6) is 5.75 Å². The maximum Gasteiger partial charge on any atom is 0.249 e. The van der Waals surface area contributed by atoms with Gasteiger partial charge in [0.2, 0.25) is 11.8 Å². The fraction of sp³-hybridized carbons (Fsp3) is 0.529. The molecule has 0 N–H and O–H groups in total. The van der Waals surface area contributed by atoms with E-state index in [-0.39, 0.29) is 23.8 Å². The molecule has 1 aliphatic heterocycles. The van der Waals surface area contributed by atoms with Gasteiger partial charge in [0.05, 0.1) is 6.61 Å². The van der Waals surface area contributed by atoms with E-state index in [1.54, 1.807) is 9.80 Å². The van der Waals surface area contributed by atoms with Gasteiger partial charge in [-0.05, 0) is 51.0 Å². The Morgan fingerprint density at radius 3 is 2.50 bits per heavy atom. The van der Waals surface area contributed by atoms with Gasteiger partial charge in [-0.2, -0.15) is 0 Å². The quantitative estimate of drug-likeness (QED) is 0.855. The fourth-order valence-corrected chi connectivity index (χ4v) is 2.88. The molecule has 5 heteroatoms. The van der Waals surface area contributed by atoms with Crippen LogP contribution >= 0.6 is 0 Å². The largest absolute Gasteiger partial charge is 0.494 e. The predicted molar refractivity (Wildman–Crippen MR) is 83.9 cm³/mol. The zero-order chi connectivity index (χ0) is 15.7. The summed E-state index contributed by atoms with van der Waals surface area (Å²) in [6, 6.07) is 7.16. The molecule has 5 nitrogen and oxygen atoms in total. The minimum absolute atomic E-state index is 0.00981. The van der Waals surface area contributed by atoms with Crippen molar-refractivity contribution in [2.75, 3.05) is 24.6 Å². The summed E-state index contributed by atoms with van der Waals surface area (Å²) >= 11 is 0. The van der Waals surface area contributed by atoms with Crippen LogP contribution in [-0.2, 0) is 9.59 Å². The van der Waals surface area contributed by atoms with Gasteiger partial charge in [-0.15, -0.1) is 0 Å². The van der Waals surface area contributed by atoms with Crippen molar-refractivity contribution < 1.29 is 14.3 Å². The number of benzene rings is 1. The maximum absolute atomic E-state index is 12.6. The minimum atomic E-state index is -0.381. The summed E-state index contributed by atoms with van der Waals surface area (Å²) in [7, 11) is 0. The van der Waals surface area contributed by atoms with Crippen LogP contribution in [0.1, 0.15) is 26.7 Å². The summed E-state index contributed by atoms with van der Waals surface area (Å²) in [6.45, 7) is 5.54. The Balaban J connectivity index is 1.71. The molecule has 1 atom stereocenters. The third kappa shape index (κ3) is 2.80. The lowest BCUT2D eigenvalue weighted by atomic mass is 10.1. The SMILES string of the molecule is CCOc1ccc(N2CCN(C(=O)C3CC3)C(C)C2=O)cc1. The van der Waals surface area contributed by atoms with Gasteiger partial charge in [-0.3, -0.25) is 9.59 Å². The van der Waals surface area contributed by atoms with E-state index >= 15 is 0 Å². The number of carbonyl (C=O) groups excluding carboxylic acids is 2. The number of ether oxygens (including phenoxy) is 1. The van der Waals surface area contributed by atoms with Crippen LogP contribution in [0, 0.1) is 5.92 Å². The number of rotatable bonds is 4. The highest BCUT2D eigenvalue weighted by Crippen LogP contribution is 2.33. The molecule has 0 radical (unpaired) electrons. The van der Waals surface area contributed by atoms with Crippen LogP contribution in [-0.4, -0.2) is 42.5 Å². The van der Waals surface area contributed by atoms with Gasteiger partial charge in [0.25, 0.3) is 0 Å². The molecule has 118 valence electrons. The van der Waals surface area contributed by atoms with E-state index in [0.717, 1.165) is 24.3 Å². The molecule has 2 aliphatic rings. The molecule has 1 aliphatic carbocycles. The van der Waals surface area contributed by atoms with Crippen LogP contribution in [0.2, 0.25) is 0 Å². The van der Waals surface area contributed by atoms with Crippen LogP contribution in [0.25, 0.3) is 0 Å². The molecule has 1 aromatic carbocycles. The molecule has 1 heterocycles. The number of hydrogen-bond donors (Lipinski definition) is 0. The Morgan fingerprint density at radius 1 is 1.23 bits per heavy atom. The van der Waals surface area contributed by atoms with E-state index in [9.17, 15) is 9.59 Å². The Bertz CT molecular complexity index is 566. The van der Waals surface area contributed by atoms with Crippen molar-refractivity contribution in [1.82, 2.24) is 4.90 Å². The summed E-state index contributed by atoms with van der Waals surface area (Å²) in [5.41, 5.74) is 0.860. The summed E-state index contributed by atoms with van der Waals surface area (Å²) in [4.78, 5) is 28.3. The second kappa shape index (κ2) is 5.99. The van der Waals surface area contributed by atoms with Crippen LogP contribution < -0.4 is 9.64 Å². The van der Waals surface area contributed by atoms with E-state index in [0.29, 0.717) is 19.7 Å². The molecule has 2 fully saturated rings. The van der Waals surface area contributed by atoms with Gasteiger partial charge in [-0.25, -0.2) is 0 Å². The molecule has 0 spiro atoms. The van der Waals surface area contributed by atoms with Crippen molar-refractivity contribution in [2.45, 2.75) is 32.7 Å². The first-order valence-electron chi connectivity index (χ1n) is 7.96. The van der Waals surface area contributed by atoms with Gasteiger partial charge in [0.15, 0.2) is 0 Å². The maximum atomic E-state index is 12.6. The van der Waals surface area contributed by atoms with Crippen molar-refractivity contribution in [3.8, 4) is 5.75 Å². The number of carbonyl (C=O) groups is 2. The van der Waals surface area contributed by atoms with Crippen LogP contribution in [0.4, 0.5) is 5.69 Å². The molecule has 3 rings (SSSR count). The Morgan fingerprint density at radius 2 is 1.91 bits per heavy atom. The molecule has 1 saturated carbocycles. The monoisotopic (exact) mass is 302 g/mol. The molecule has 0 aromatic heterocycles. The Kier molecular flexibility index (Phi) is 4.05. The highest BCUT2D eigenvalue weighted by Gasteiger charge is 2.40. The van der Waals surface area contributed by atoms with Gasteiger partial charge in [0.1, 0.15) is 11.8 Å². The third-order valence-electron chi connectivity index (χ3n) is 4.32. The molecular formula is C17H22N2O3. The first kappa shape index (κ1) is 14.9. The number of hydrogen-bond acceptors (Lipinski definition) is 3. The molecule has 22 heavy (non-hydrogen) atoms. The number of amides is 2. The zero-order valence-electron chi connectivity index (χ0n) is 13.1. The molecule has 1 unspecified atom stereocenters. The molecule has 2 amide bonds. The van der Waals surface area contributed by atoms with E-state index < -0.39 is 0 Å². The standard InChI is InChI=1S/C17H22N2O3/c1-3-22-15-8-6-14(7-9-15)19-11-10-18(12(2)16(19)20)17(21)13-4-5-13/h6-9,12-13H,3-5,10-11H2,1-2H3. The van der Waals surface area contributed by atoms with Crippen molar-refractivity contribution in [3.05, 3.63) is 24.3 Å². The minimum Gasteiger partial charge on any atom is -0.494 e. The zero-order valence-corrected chi connectivity index (χ0v) is 13.1. The average molecular weight is 302 g/mol. The van der Waals surface area contributed by atoms with E-state index in [2.05, 4.69) is 0 Å². The Hall–Kier alpha value is -2.04. The number of piperazine rings is 1. The summed E-state index contributed by atoms with van der Waals surface area (Å²) in [5, 5.41) is 0. The summed E-state index contributed by atoms with van der Waals surface area (Å²) in [6.07, 6.45) is 1.94. The lowest BCUT2D eigenvalue weighted by Crippen LogP contribution is -2.58. The molecule has 0 bridgehead atoms. The smallest absolute Gasteiger partial charge is 0.249 e. The number of nitrogens with zero attached hydrogens (tertiary/aromatic N) is 2. The molecule has 1 saturated heterocycles. The predicted octanol–water partition coefficient (Wildman–Crippen LogP) is 2.06. The third-order valence-corrected chi connectivity index (χ3v) is 4.32. The topological polar surface area (TPSA) is 49.9 Å². The Labute approximate surface area is 130 Å². The highest BCUT2D eigenvalue weighted by atomic mass is 16.5. The van der Waals surface area contributed by atoms with Gasteiger partial charge < -0.3 is 14.5 Å². The van der Waals surface area contributed by atoms with Crippen LogP contribution in [0.3, 0.4) is 0 Å². The van der Waals surface area contributed by atoms with Crippen molar-refractivity contribution >= 4 is 17.5 Å². The van der Waals surface area contributed by atoms with Crippen molar-refractivity contribution in [3.63, 3.8) is 0 Å². The number of anilines is 1. The van der Waals surface area contributed by atoms with Gasteiger partial charge in [-0.1, -0.05) is 0 Å². The second-order valence-electron chi connectivity index (χ2n) is 5.90. The van der Waals surface area contributed by atoms with E-state index in [1.807, 2.05) is 38.1 Å². The van der Waals surface area contributed by atoms with Crippen LogP contribution in [0.15, 0.2) is 24.3 Å². The van der Waals surface area contributed by atoms with E-state index in [4.69, 9.17) is 4.74 Å². The fourth-order valence-electron chi connectivity index (χ4n) is 2.88. The van der Waals surface area contributed by atoms with Gasteiger partial charge in [0, 0.05) is 24.7 Å². The normalized spacial score (nSPS) is 21.9. The first-order valence-corrected chi connectivity index (χ1v) is 7.96. The highest BCUT2D eigenvalue weighted by molar-refractivity contribution is 6.00. The van der Waals surface area contributed by atoms with E-state index in [1.165, 1.54) is 0 Å². The lowest BCUT2D eigenvalue weighted by molar-refractivity contribution is -0.141. The van der Waals surface area contributed by atoms with Crippen molar-refractivity contribution in [2.24, 2.45) is 5.92 Å². The summed E-state index contributed by atoms with van der Waals surface area (Å²) in [5.74, 6) is 1.10. The second-order valence-corrected chi connectivity index (χ2v) is 5.90. The molecule has 1 aromatic rings.